The second kappa shape index (κ2) is 10.9. The third kappa shape index (κ3) is 5.52. The topological polar surface area (TPSA) is 109 Å². The van der Waals surface area contributed by atoms with Gasteiger partial charge in [-0.1, -0.05) is 65.3 Å². The summed E-state index contributed by atoms with van der Waals surface area (Å²) in [6, 6.07) is 14.3. The number of amides is 1. The second-order valence-corrected chi connectivity index (χ2v) is 9.05. The standard InChI is InChI=1S/C22H22Cl2N8OS/c1-3-25-19-28-20(26-4-2)32-21(29-19)30-31-22(32)34-17(13-8-6-5-7-9-13)18(33)27-16-11-14(23)10-15(24)12-16/h5-12,17H,3-4H2,1-2H3,(H,27,33)(H2,25,26,28,29,30)/t17-/m1/s1. The Morgan fingerprint density at radius 3 is 2.38 bits per heavy atom. The summed E-state index contributed by atoms with van der Waals surface area (Å²) < 4.78 is 1.70. The molecule has 1 atom stereocenters. The Labute approximate surface area is 210 Å². The van der Waals surface area contributed by atoms with Crippen LogP contribution < -0.4 is 16.0 Å². The molecule has 0 saturated carbocycles. The Balaban J connectivity index is 1.71. The van der Waals surface area contributed by atoms with Gasteiger partial charge in [-0.2, -0.15) is 9.97 Å². The number of rotatable bonds is 9. The van der Waals surface area contributed by atoms with E-state index in [1.807, 2.05) is 44.2 Å². The number of nitrogens with zero attached hydrogens (tertiary/aromatic N) is 5. The van der Waals surface area contributed by atoms with Crippen molar-refractivity contribution in [1.29, 1.82) is 0 Å². The normalized spacial score (nSPS) is 11.9. The largest absolute Gasteiger partial charge is 0.355 e. The molecule has 176 valence electrons. The van der Waals surface area contributed by atoms with Gasteiger partial charge in [-0.05, 0) is 37.6 Å². The van der Waals surface area contributed by atoms with Crippen molar-refractivity contribution >= 4 is 64.2 Å². The van der Waals surface area contributed by atoms with Crippen molar-refractivity contribution in [3.05, 3.63) is 64.1 Å². The van der Waals surface area contributed by atoms with Crippen LogP contribution in [-0.2, 0) is 4.79 Å². The van der Waals surface area contributed by atoms with Crippen LogP contribution in [0.25, 0.3) is 5.78 Å². The lowest BCUT2D eigenvalue weighted by molar-refractivity contribution is -0.115. The van der Waals surface area contributed by atoms with Crippen LogP contribution in [0.1, 0.15) is 24.7 Å². The van der Waals surface area contributed by atoms with Gasteiger partial charge in [0.05, 0.1) is 0 Å². The van der Waals surface area contributed by atoms with Crippen LogP contribution in [-0.4, -0.2) is 43.6 Å². The highest BCUT2D eigenvalue weighted by Gasteiger charge is 2.26. The van der Waals surface area contributed by atoms with E-state index in [4.69, 9.17) is 23.2 Å². The first-order valence-electron chi connectivity index (χ1n) is 10.6. The molecular weight excluding hydrogens is 495 g/mol. The summed E-state index contributed by atoms with van der Waals surface area (Å²) in [4.78, 5) is 22.4. The number of anilines is 3. The van der Waals surface area contributed by atoms with Crippen molar-refractivity contribution < 1.29 is 4.79 Å². The molecule has 0 unspecified atom stereocenters. The van der Waals surface area contributed by atoms with E-state index in [0.717, 1.165) is 5.56 Å². The van der Waals surface area contributed by atoms with Crippen molar-refractivity contribution in [2.45, 2.75) is 24.3 Å². The number of hydrogen-bond acceptors (Lipinski definition) is 8. The molecule has 12 heteroatoms. The van der Waals surface area contributed by atoms with Crippen molar-refractivity contribution in [2.75, 3.05) is 29.0 Å². The van der Waals surface area contributed by atoms with Crippen LogP contribution in [0.3, 0.4) is 0 Å². The van der Waals surface area contributed by atoms with Gasteiger partial charge in [0.1, 0.15) is 5.25 Å². The Morgan fingerprint density at radius 2 is 1.71 bits per heavy atom. The molecule has 4 rings (SSSR count). The van der Waals surface area contributed by atoms with E-state index in [9.17, 15) is 4.79 Å². The predicted octanol–water partition coefficient (Wildman–Crippen LogP) is 5.16. The first-order chi connectivity index (χ1) is 16.5. The zero-order chi connectivity index (χ0) is 24.1. The molecule has 34 heavy (non-hydrogen) atoms. The maximum atomic E-state index is 13.4. The van der Waals surface area contributed by atoms with E-state index in [-0.39, 0.29) is 5.91 Å². The molecule has 3 N–H and O–H groups in total. The van der Waals surface area contributed by atoms with Crippen LogP contribution in [0.15, 0.2) is 53.7 Å². The molecule has 0 aliphatic rings. The fourth-order valence-corrected chi connectivity index (χ4v) is 4.78. The Bertz CT molecular complexity index is 1280. The van der Waals surface area contributed by atoms with E-state index in [0.29, 0.717) is 51.7 Å². The van der Waals surface area contributed by atoms with Gasteiger partial charge >= 0.3 is 0 Å². The minimum absolute atomic E-state index is 0.263. The number of carbonyl (C=O) groups is 1. The SMILES string of the molecule is CCNc1nc(NCC)n2c(S[C@@H](C(=O)Nc3cc(Cl)cc(Cl)c3)c3ccccc3)nnc2n1. The first kappa shape index (κ1) is 24.1. The van der Waals surface area contributed by atoms with Gasteiger partial charge in [-0.3, -0.25) is 4.79 Å². The summed E-state index contributed by atoms with van der Waals surface area (Å²) in [5.41, 5.74) is 1.30. The summed E-state index contributed by atoms with van der Waals surface area (Å²) in [6.07, 6.45) is 0. The minimum atomic E-state index is -0.644. The molecule has 4 aromatic rings. The highest BCUT2D eigenvalue weighted by atomic mass is 35.5. The number of nitrogens with one attached hydrogen (secondary N) is 3. The molecule has 2 aromatic heterocycles. The lowest BCUT2D eigenvalue weighted by atomic mass is 10.1. The van der Waals surface area contributed by atoms with Crippen LogP contribution in [0.2, 0.25) is 10.0 Å². The van der Waals surface area contributed by atoms with Crippen molar-refractivity contribution in [3.63, 3.8) is 0 Å². The van der Waals surface area contributed by atoms with E-state index in [1.165, 1.54) is 11.8 Å². The summed E-state index contributed by atoms with van der Waals surface area (Å²) in [5.74, 6) is 1.09. The van der Waals surface area contributed by atoms with Crippen molar-refractivity contribution in [2.24, 2.45) is 0 Å². The molecular formula is C22H22Cl2N8OS. The van der Waals surface area contributed by atoms with E-state index < -0.39 is 5.25 Å². The quantitative estimate of drug-likeness (QED) is 0.261. The fourth-order valence-electron chi connectivity index (χ4n) is 3.22. The second-order valence-electron chi connectivity index (χ2n) is 7.11. The van der Waals surface area contributed by atoms with Gasteiger partial charge in [0, 0.05) is 28.8 Å². The third-order valence-corrected chi connectivity index (χ3v) is 6.24. The number of halogens is 2. The van der Waals surface area contributed by atoms with E-state index in [2.05, 4.69) is 36.1 Å². The average Bonchev–Trinajstić information content (AvgIpc) is 3.20. The number of thioether (sulfide) groups is 1. The lowest BCUT2D eigenvalue weighted by Crippen LogP contribution is -2.19. The zero-order valence-electron chi connectivity index (χ0n) is 18.4. The highest BCUT2D eigenvalue weighted by Crippen LogP contribution is 2.36. The molecule has 2 heterocycles. The van der Waals surface area contributed by atoms with Crippen LogP contribution in [0, 0.1) is 0 Å². The number of hydrogen-bond donors (Lipinski definition) is 3. The van der Waals surface area contributed by atoms with Crippen LogP contribution in [0.5, 0.6) is 0 Å². The number of aromatic nitrogens is 5. The van der Waals surface area contributed by atoms with Gasteiger partial charge in [-0.15, -0.1) is 10.2 Å². The summed E-state index contributed by atoms with van der Waals surface area (Å²) in [6.45, 7) is 5.23. The average molecular weight is 517 g/mol. The number of benzene rings is 2. The lowest BCUT2D eigenvalue weighted by Gasteiger charge is -2.17. The molecule has 1 amide bonds. The summed E-state index contributed by atoms with van der Waals surface area (Å²) in [5, 5.41) is 18.4. The molecule has 0 fully saturated rings. The summed E-state index contributed by atoms with van der Waals surface area (Å²) >= 11 is 13.5. The Morgan fingerprint density at radius 1 is 1.00 bits per heavy atom. The van der Waals surface area contributed by atoms with Gasteiger partial charge in [0.25, 0.3) is 5.78 Å². The molecule has 0 aliphatic heterocycles. The van der Waals surface area contributed by atoms with Crippen LogP contribution >= 0.6 is 35.0 Å². The first-order valence-corrected chi connectivity index (χ1v) is 12.2. The van der Waals surface area contributed by atoms with Crippen molar-refractivity contribution in [1.82, 2.24) is 24.6 Å². The number of carbonyl (C=O) groups excluding carboxylic acids is 1. The third-order valence-electron chi connectivity index (χ3n) is 4.61. The van der Waals surface area contributed by atoms with Gasteiger partial charge in [0.2, 0.25) is 23.0 Å². The predicted molar refractivity (Wildman–Crippen MR) is 137 cm³/mol. The molecule has 0 bridgehead atoms. The maximum Gasteiger partial charge on any atom is 0.261 e. The molecule has 0 saturated heterocycles. The fraction of sp³-hybridized carbons (Fsp3) is 0.227. The van der Waals surface area contributed by atoms with Gasteiger partial charge < -0.3 is 16.0 Å². The monoisotopic (exact) mass is 516 g/mol. The minimum Gasteiger partial charge on any atom is -0.355 e. The number of fused-ring (bicyclic) bond motifs is 1. The zero-order valence-corrected chi connectivity index (χ0v) is 20.7. The molecule has 9 nitrogen and oxygen atoms in total. The molecule has 0 aliphatic carbocycles. The molecule has 0 spiro atoms. The van der Waals surface area contributed by atoms with Gasteiger partial charge in [-0.25, -0.2) is 4.40 Å². The Kier molecular flexibility index (Phi) is 7.71. The maximum absolute atomic E-state index is 13.4. The van der Waals surface area contributed by atoms with Crippen LogP contribution in [0.4, 0.5) is 17.6 Å². The Hall–Kier alpha value is -3.08. The molecule has 0 radical (unpaired) electrons. The molecule has 2 aromatic carbocycles. The van der Waals surface area contributed by atoms with E-state index >= 15 is 0 Å². The van der Waals surface area contributed by atoms with Gasteiger partial charge in [0.15, 0.2) is 0 Å². The van der Waals surface area contributed by atoms with E-state index in [1.54, 1.807) is 22.6 Å². The summed E-state index contributed by atoms with van der Waals surface area (Å²) in [7, 11) is 0. The highest BCUT2D eigenvalue weighted by molar-refractivity contribution is 8.00. The van der Waals surface area contributed by atoms with Crippen molar-refractivity contribution in [3.8, 4) is 0 Å². The smallest absolute Gasteiger partial charge is 0.261 e.